The molecule has 0 amide bonds. The number of anilines is 1. The molecule has 1 aromatic carbocycles. The van der Waals surface area contributed by atoms with E-state index in [1.807, 2.05) is 30.3 Å². The second kappa shape index (κ2) is 8.14. The van der Waals surface area contributed by atoms with Crippen molar-refractivity contribution in [3.8, 4) is 5.75 Å². The first kappa shape index (κ1) is 19.3. The molecule has 0 radical (unpaired) electrons. The quantitative estimate of drug-likeness (QED) is 0.485. The van der Waals surface area contributed by atoms with Gasteiger partial charge in [-0.25, -0.2) is 19.7 Å². The van der Waals surface area contributed by atoms with Gasteiger partial charge in [-0.1, -0.05) is 35.5 Å². The van der Waals surface area contributed by atoms with E-state index >= 15 is 0 Å². The van der Waals surface area contributed by atoms with Crippen molar-refractivity contribution in [2.45, 2.75) is 16.5 Å². The Hall–Kier alpha value is -3.04. The molecule has 2 N–H and O–H groups in total. The Bertz CT molecular complexity index is 1220. The zero-order valence-electron chi connectivity index (χ0n) is 15.6. The minimum Gasteiger partial charge on any atom is -0.497 e. The van der Waals surface area contributed by atoms with Crippen molar-refractivity contribution < 1.29 is 4.74 Å². The van der Waals surface area contributed by atoms with E-state index in [0.717, 1.165) is 16.2 Å². The lowest BCUT2D eigenvalue weighted by molar-refractivity contribution is 0.414. The molecule has 8 nitrogen and oxygen atoms in total. The first-order valence-electron chi connectivity index (χ1n) is 8.66. The number of aryl methyl sites for hydroxylation is 1. The summed E-state index contributed by atoms with van der Waals surface area (Å²) >= 11 is 7.90. The van der Waals surface area contributed by atoms with Gasteiger partial charge in [0.1, 0.15) is 16.6 Å². The van der Waals surface area contributed by atoms with Crippen LogP contribution in [-0.4, -0.2) is 31.6 Å². The number of halogens is 1. The molecule has 0 aliphatic carbocycles. The van der Waals surface area contributed by atoms with Crippen LogP contribution in [0.4, 0.5) is 5.82 Å². The molecule has 0 aliphatic rings. The number of nitrogens with one attached hydrogen (secondary N) is 2. The van der Waals surface area contributed by atoms with Crippen LogP contribution in [0.2, 0.25) is 5.02 Å². The fraction of sp³-hybridized carbons (Fsp3) is 0.158. The maximum Gasteiger partial charge on any atom is 0.328 e. The van der Waals surface area contributed by atoms with Crippen LogP contribution in [0.3, 0.4) is 0 Å². The maximum atomic E-state index is 11.7. The lowest BCUT2D eigenvalue weighted by atomic mass is 10.2. The predicted molar refractivity (Wildman–Crippen MR) is 113 cm³/mol. The van der Waals surface area contributed by atoms with Crippen molar-refractivity contribution in [2.75, 3.05) is 12.4 Å². The highest BCUT2D eigenvalue weighted by Gasteiger charge is 2.12. The van der Waals surface area contributed by atoms with Gasteiger partial charge >= 0.3 is 5.69 Å². The molecule has 0 saturated heterocycles. The molecule has 4 aromatic rings. The number of aromatic amines is 1. The fourth-order valence-electron chi connectivity index (χ4n) is 2.70. The molecule has 0 bridgehead atoms. The van der Waals surface area contributed by atoms with Crippen LogP contribution < -0.4 is 15.7 Å². The first-order valence-corrected chi connectivity index (χ1v) is 9.85. The fourth-order valence-corrected chi connectivity index (χ4v) is 3.77. The predicted octanol–water partition coefficient (Wildman–Crippen LogP) is 3.48. The average Bonchev–Trinajstić information content (AvgIpc) is 3.02. The van der Waals surface area contributed by atoms with Crippen LogP contribution in [0.5, 0.6) is 5.75 Å². The third-order valence-electron chi connectivity index (χ3n) is 4.27. The summed E-state index contributed by atoms with van der Waals surface area (Å²) in [5.41, 5.74) is 1.76. The Balaban J connectivity index is 1.52. The van der Waals surface area contributed by atoms with Gasteiger partial charge in [0, 0.05) is 24.7 Å². The SMILES string of the molecule is COc1ccc(CNc2nccc(Sc3cnc4c(n3)[nH]c(=O)n4C)c2Cl)cc1. The molecule has 3 aromatic heterocycles. The summed E-state index contributed by atoms with van der Waals surface area (Å²) in [5, 5.41) is 4.36. The Morgan fingerprint density at radius 1 is 1.24 bits per heavy atom. The molecule has 10 heteroatoms. The molecule has 0 aliphatic heterocycles. The Kier molecular flexibility index (Phi) is 5.41. The number of benzene rings is 1. The molecule has 0 saturated carbocycles. The Labute approximate surface area is 175 Å². The number of imidazole rings is 1. The van der Waals surface area contributed by atoms with E-state index in [1.165, 1.54) is 16.3 Å². The zero-order chi connectivity index (χ0) is 20.4. The normalized spacial score (nSPS) is 11.0. The number of methoxy groups -OCH3 is 1. The van der Waals surface area contributed by atoms with Gasteiger partial charge in [0.2, 0.25) is 0 Å². The number of hydrogen-bond donors (Lipinski definition) is 2. The number of H-pyrrole nitrogens is 1. The third kappa shape index (κ3) is 4.06. The van der Waals surface area contributed by atoms with Gasteiger partial charge in [-0.05, 0) is 23.8 Å². The van der Waals surface area contributed by atoms with Crippen LogP contribution >= 0.6 is 23.4 Å². The van der Waals surface area contributed by atoms with Crippen LogP contribution in [0.25, 0.3) is 11.3 Å². The van der Waals surface area contributed by atoms with Crippen molar-refractivity contribution in [3.05, 3.63) is 63.8 Å². The van der Waals surface area contributed by atoms with Crippen LogP contribution in [0.1, 0.15) is 5.56 Å². The number of fused-ring (bicyclic) bond motifs is 1. The van der Waals surface area contributed by atoms with Crippen LogP contribution in [0, 0.1) is 0 Å². The smallest absolute Gasteiger partial charge is 0.328 e. The Morgan fingerprint density at radius 2 is 2.03 bits per heavy atom. The molecule has 0 fully saturated rings. The summed E-state index contributed by atoms with van der Waals surface area (Å²) in [7, 11) is 3.28. The third-order valence-corrected chi connectivity index (χ3v) is 5.73. The standard InChI is InChI=1S/C19H17ClN6O2S/c1-26-18-17(25-19(26)27)24-14(10-23-18)29-13-7-8-21-16(15(13)20)22-9-11-3-5-12(28-2)6-4-11/h3-8,10H,9H2,1-2H3,(H,21,22)(H,24,25,27). The minimum atomic E-state index is -0.255. The highest BCUT2D eigenvalue weighted by Crippen LogP contribution is 2.35. The number of aromatic nitrogens is 5. The summed E-state index contributed by atoms with van der Waals surface area (Å²) < 4.78 is 6.58. The largest absolute Gasteiger partial charge is 0.497 e. The molecule has 0 spiro atoms. The van der Waals surface area contributed by atoms with E-state index in [0.29, 0.717) is 33.7 Å². The van der Waals surface area contributed by atoms with Crippen molar-refractivity contribution in [1.29, 1.82) is 0 Å². The lowest BCUT2D eigenvalue weighted by Crippen LogP contribution is -2.12. The molecule has 3 heterocycles. The van der Waals surface area contributed by atoms with Crippen LogP contribution in [-0.2, 0) is 13.6 Å². The van der Waals surface area contributed by atoms with Crippen molar-refractivity contribution in [2.24, 2.45) is 7.05 Å². The van der Waals surface area contributed by atoms with E-state index in [2.05, 4.69) is 25.3 Å². The van der Waals surface area contributed by atoms with Gasteiger partial charge in [-0.2, -0.15) is 0 Å². The Morgan fingerprint density at radius 3 is 2.79 bits per heavy atom. The van der Waals surface area contributed by atoms with Gasteiger partial charge in [-0.15, -0.1) is 0 Å². The minimum absolute atomic E-state index is 0.255. The average molecular weight is 429 g/mol. The topological polar surface area (TPSA) is 97.7 Å². The van der Waals surface area contributed by atoms with Crippen LogP contribution in [0.15, 0.2) is 57.4 Å². The zero-order valence-corrected chi connectivity index (χ0v) is 17.2. The second-order valence-corrected chi connectivity index (χ2v) is 7.59. The number of hydrogen-bond acceptors (Lipinski definition) is 7. The molecule has 0 unspecified atom stereocenters. The summed E-state index contributed by atoms with van der Waals surface area (Å²) in [6, 6.07) is 9.57. The number of pyridine rings is 1. The molecular weight excluding hydrogens is 412 g/mol. The summed E-state index contributed by atoms with van der Waals surface area (Å²) in [6.45, 7) is 0.571. The number of ether oxygens (including phenoxy) is 1. The first-order chi connectivity index (χ1) is 14.0. The van der Waals surface area contributed by atoms with Crippen molar-refractivity contribution in [1.82, 2.24) is 24.5 Å². The van der Waals surface area contributed by atoms with E-state index in [4.69, 9.17) is 16.3 Å². The molecular formula is C19H17ClN6O2S. The number of nitrogens with zero attached hydrogens (tertiary/aromatic N) is 4. The molecule has 29 heavy (non-hydrogen) atoms. The van der Waals surface area contributed by atoms with E-state index in [9.17, 15) is 4.79 Å². The maximum absolute atomic E-state index is 11.7. The van der Waals surface area contributed by atoms with Crippen molar-refractivity contribution in [3.63, 3.8) is 0 Å². The van der Waals surface area contributed by atoms with Gasteiger partial charge in [-0.3, -0.25) is 9.55 Å². The lowest BCUT2D eigenvalue weighted by Gasteiger charge is -2.11. The monoisotopic (exact) mass is 428 g/mol. The number of rotatable bonds is 6. The van der Waals surface area contributed by atoms with E-state index < -0.39 is 0 Å². The highest BCUT2D eigenvalue weighted by molar-refractivity contribution is 7.99. The summed E-state index contributed by atoms with van der Waals surface area (Å²) in [6.07, 6.45) is 3.29. The van der Waals surface area contributed by atoms with Crippen molar-refractivity contribution >= 4 is 40.5 Å². The summed E-state index contributed by atoms with van der Waals surface area (Å²) in [5.74, 6) is 1.38. The summed E-state index contributed by atoms with van der Waals surface area (Å²) in [4.78, 5) is 28.2. The van der Waals surface area contributed by atoms with Gasteiger partial charge < -0.3 is 10.1 Å². The highest BCUT2D eigenvalue weighted by atomic mass is 35.5. The second-order valence-electron chi connectivity index (χ2n) is 6.14. The van der Waals surface area contributed by atoms with E-state index in [-0.39, 0.29) is 5.69 Å². The van der Waals surface area contributed by atoms with Gasteiger partial charge in [0.15, 0.2) is 11.3 Å². The van der Waals surface area contributed by atoms with Gasteiger partial charge in [0.25, 0.3) is 0 Å². The van der Waals surface area contributed by atoms with Gasteiger partial charge in [0.05, 0.1) is 18.3 Å². The molecule has 148 valence electrons. The van der Waals surface area contributed by atoms with E-state index in [1.54, 1.807) is 26.6 Å². The molecule has 4 rings (SSSR count). The molecule has 0 atom stereocenters.